The van der Waals surface area contributed by atoms with Crippen LogP contribution >= 0.6 is 0 Å². The van der Waals surface area contributed by atoms with Gasteiger partial charge >= 0.3 is 6.09 Å². The highest BCUT2D eigenvalue weighted by Gasteiger charge is 2.33. The highest BCUT2D eigenvalue weighted by molar-refractivity contribution is 5.65. The van der Waals surface area contributed by atoms with E-state index in [0.29, 0.717) is 19.4 Å². The maximum Gasteiger partial charge on any atom is 0.404 e. The predicted octanol–water partition coefficient (Wildman–Crippen LogP) is 2.68. The van der Waals surface area contributed by atoms with Crippen molar-refractivity contribution < 1.29 is 15.0 Å². The normalized spacial score (nSPS) is 18.0. The number of rotatable bonds is 10. The number of carbonyl (C=O) groups is 1. The van der Waals surface area contributed by atoms with E-state index in [1.165, 1.54) is 12.8 Å². The van der Waals surface area contributed by atoms with Crippen molar-refractivity contribution in [2.45, 2.75) is 57.1 Å². The Labute approximate surface area is 155 Å². The van der Waals surface area contributed by atoms with Gasteiger partial charge in [0.05, 0.1) is 18.2 Å². The van der Waals surface area contributed by atoms with E-state index in [-0.39, 0.29) is 5.41 Å². The van der Waals surface area contributed by atoms with Crippen LogP contribution in [0.15, 0.2) is 30.3 Å². The van der Waals surface area contributed by atoms with Crippen molar-refractivity contribution in [1.29, 1.82) is 5.26 Å². The molecule has 1 aliphatic carbocycles. The zero-order chi connectivity index (χ0) is 18.8. The first-order valence-electron chi connectivity index (χ1n) is 9.34. The van der Waals surface area contributed by atoms with Gasteiger partial charge in [-0.3, -0.25) is 0 Å². The predicted molar refractivity (Wildman–Crippen MR) is 99.7 cm³/mol. The summed E-state index contributed by atoms with van der Waals surface area (Å²) in [6, 6.07) is 11.2. The van der Waals surface area contributed by atoms with E-state index in [2.05, 4.69) is 16.7 Å². The highest BCUT2D eigenvalue weighted by atomic mass is 16.4. The molecule has 2 atom stereocenters. The molecule has 0 heterocycles. The Morgan fingerprint density at radius 3 is 2.58 bits per heavy atom. The molecule has 0 spiro atoms. The standard InChI is InChI=1S/C20H29N3O3/c21-12-6-11-20(9-4-5-10-20)15-22-14-18(24)17(23-19(25)26)13-16-7-2-1-3-8-16/h1-3,7-8,17-18,22-24H,4-6,9-11,13-15H2,(H,25,26)/t17-,18+/m0/s1. The zero-order valence-electron chi connectivity index (χ0n) is 15.2. The third-order valence-electron chi connectivity index (χ3n) is 5.36. The summed E-state index contributed by atoms with van der Waals surface area (Å²) in [7, 11) is 0. The molecule has 1 fully saturated rings. The first-order valence-corrected chi connectivity index (χ1v) is 9.34. The first kappa shape index (κ1) is 20.2. The van der Waals surface area contributed by atoms with Gasteiger partial charge in [0.15, 0.2) is 0 Å². The SMILES string of the molecule is N#CCCC1(CNC[C@@H](O)[C@H](Cc2ccccc2)NC(=O)O)CCCC1. The lowest BCUT2D eigenvalue weighted by Gasteiger charge is -2.30. The van der Waals surface area contributed by atoms with Gasteiger partial charge in [-0.1, -0.05) is 43.2 Å². The van der Waals surface area contributed by atoms with Crippen molar-refractivity contribution >= 4 is 6.09 Å². The van der Waals surface area contributed by atoms with Crippen LogP contribution in [0.3, 0.4) is 0 Å². The number of carboxylic acid groups (broad SMARTS) is 1. The van der Waals surface area contributed by atoms with E-state index in [4.69, 9.17) is 10.4 Å². The highest BCUT2D eigenvalue weighted by Crippen LogP contribution is 2.41. The molecule has 1 aromatic carbocycles. The minimum Gasteiger partial charge on any atom is -0.465 e. The third kappa shape index (κ3) is 6.32. The van der Waals surface area contributed by atoms with Gasteiger partial charge in [0.1, 0.15) is 0 Å². The summed E-state index contributed by atoms with van der Waals surface area (Å²) in [4.78, 5) is 11.1. The lowest BCUT2D eigenvalue weighted by molar-refractivity contribution is 0.113. The van der Waals surface area contributed by atoms with Crippen molar-refractivity contribution in [3.63, 3.8) is 0 Å². The van der Waals surface area contributed by atoms with Gasteiger partial charge < -0.3 is 20.8 Å². The fraction of sp³-hybridized carbons (Fsp3) is 0.600. The number of benzene rings is 1. The molecule has 4 N–H and O–H groups in total. The number of amides is 1. The molecule has 26 heavy (non-hydrogen) atoms. The van der Waals surface area contributed by atoms with Gasteiger partial charge in [0.25, 0.3) is 0 Å². The Kier molecular flexibility index (Phi) is 7.89. The molecule has 1 aliphatic rings. The van der Waals surface area contributed by atoms with Crippen molar-refractivity contribution in [3.05, 3.63) is 35.9 Å². The van der Waals surface area contributed by atoms with E-state index in [1.54, 1.807) is 0 Å². The number of aliphatic hydroxyl groups excluding tert-OH is 1. The molecular weight excluding hydrogens is 330 g/mol. The maximum absolute atomic E-state index is 11.1. The number of nitrogens with one attached hydrogen (secondary N) is 2. The van der Waals surface area contributed by atoms with Crippen LogP contribution in [0.2, 0.25) is 0 Å². The summed E-state index contributed by atoms with van der Waals surface area (Å²) in [5, 5.41) is 34.2. The molecule has 0 saturated heterocycles. The Hall–Kier alpha value is -2.10. The monoisotopic (exact) mass is 359 g/mol. The second kappa shape index (κ2) is 10.1. The Morgan fingerprint density at radius 1 is 1.27 bits per heavy atom. The maximum atomic E-state index is 11.1. The fourth-order valence-corrected chi connectivity index (χ4v) is 3.90. The van der Waals surface area contributed by atoms with E-state index in [9.17, 15) is 9.90 Å². The number of hydrogen-bond donors (Lipinski definition) is 4. The summed E-state index contributed by atoms with van der Waals surface area (Å²) in [5.41, 5.74) is 1.12. The van der Waals surface area contributed by atoms with Crippen LogP contribution in [-0.4, -0.2) is 41.5 Å². The first-order chi connectivity index (χ1) is 12.5. The number of nitriles is 1. The molecule has 0 bridgehead atoms. The van der Waals surface area contributed by atoms with Gasteiger partial charge in [-0.2, -0.15) is 5.26 Å². The van der Waals surface area contributed by atoms with Gasteiger partial charge in [-0.25, -0.2) is 4.79 Å². The van der Waals surface area contributed by atoms with Crippen molar-refractivity contribution in [2.24, 2.45) is 5.41 Å². The molecule has 142 valence electrons. The number of hydrogen-bond acceptors (Lipinski definition) is 4. The van der Waals surface area contributed by atoms with Crippen LogP contribution in [0.25, 0.3) is 0 Å². The molecule has 0 aliphatic heterocycles. The molecule has 6 heteroatoms. The summed E-state index contributed by atoms with van der Waals surface area (Å²) in [6.45, 7) is 1.09. The molecule has 0 radical (unpaired) electrons. The molecule has 0 aromatic heterocycles. The van der Waals surface area contributed by atoms with Crippen LogP contribution < -0.4 is 10.6 Å². The molecule has 1 amide bonds. The largest absolute Gasteiger partial charge is 0.465 e. The van der Waals surface area contributed by atoms with Crippen LogP contribution in [0.1, 0.15) is 44.1 Å². The lowest BCUT2D eigenvalue weighted by atomic mass is 9.81. The van der Waals surface area contributed by atoms with E-state index in [1.807, 2.05) is 30.3 Å². The second-order valence-corrected chi connectivity index (χ2v) is 7.31. The van der Waals surface area contributed by atoms with Gasteiger partial charge in [-0.15, -0.1) is 0 Å². The molecule has 1 saturated carbocycles. The van der Waals surface area contributed by atoms with Crippen LogP contribution in [-0.2, 0) is 6.42 Å². The van der Waals surface area contributed by atoms with Crippen molar-refractivity contribution in [2.75, 3.05) is 13.1 Å². The van der Waals surface area contributed by atoms with Crippen molar-refractivity contribution in [3.8, 4) is 6.07 Å². The summed E-state index contributed by atoms with van der Waals surface area (Å²) in [6.07, 6.45) is 4.52. The minimum atomic E-state index is -1.13. The van der Waals surface area contributed by atoms with E-state index < -0.39 is 18.2 Å². The van der Waals surface area contributed by atoms with E-state index >= 15 is 0 Å². The zero-order valence-corrected chi connectivity index (χ0v) is 15.2. The fourth-order valence-electron chi connectivity index (χ4n) is 3.90. The third-order valence-corrected chi connectivity index (χ3v) is 5.36. The number of nitrogens with zero attached hydrogens (tertiary/aromatic N) is 1. The molecule has 6 nitrogen and oxygen atoms in total. The Morgan fingerprint density at radius 2 is 1.96 bits per heavy atom. The molecular formula is C20H29N3O3. The quantitative estimate of drug-likeness (QED) is 0.514. The second-order valence-electron chi connectivity index (χ2n) is 7.31. The minimum absolute atomic E-state index is 0.143. The Bertz CT molecular complexity index is 594. The van der Waals surface area contributed by atoms with Crippen molar-refractivity contribution in [1.82, 2.24) is 10.6 Å². The smallest absolute Gasteiger partial charge is 0.404 e. The average Bonchev–Trinajstić information content (AvgIpc) is 3.09. The van der Waals surface area contributed by atoms with Gasteiger partial charge in [-0.05, 0) is 36.7 Å². The molecule has 1 aromatic rings. The number of aliphatic hydroxyl groups is 1. The van der Waals surface area contributed by atoms with E-state index in [0.717, 1.165) is 31.4 Å². The summed E-state index contributed by atoms with van der Waals surface area (Å²) >= 11 is 0. The van der Waals surface area contributed by atoms with Crippen LogP contribution in [0.5, 0.6) is 0 Å². The average molecular weight is 359 g/mol. The van der Waals surface area contributed by atoms with Gasteiger partial charge in [0.2, 0.25) is 0 Å². The summed E-state index contributed by atoms with van der Waals surface area (Å²) in [5.74, 6) is 0. The molecule has 0 unspecified atom stereocenters. The topological polar surface area (TPSA) is 105 Å². The van der Waals surface area contributed by atoms with Crippen LogP contribution in [0.4, 0.5) is 4.79 Å². The van der Waals surface area contributed by atoms with Crippen LogP contribution in [0, 0.1) is 16.7 Å². The Balaban J connectivity index is 1.88. The molecule has 2 rings (SSSR count). The van der Waals surface area contributed by atoms with Gasteiger partial charge in [0, 0.05) is 19.5 Å². The summed E-state index contributed by atoms with van der Waals surface area (Å²) < 4.78 is 0. The lowest BCUT2D eigenvalue weighted by Crippen LogP contribution is -2.49.